The molecule has 1 aromatic heterocycles. The quantitative estimate of drug-likeness (QED) is 0.923. The Morgan fingerprint density at radius 3 is 3.00 bits per heavy atom. The van der Waals surface area contributed by atoms with Crippen LogP contribution in [0.25, 0.3) is 0 Å². The van der Waals surface area contributed by atoms with Crippen molar-refractivity contribution in [2.45, 2.75) is 37.3 Å². The summed E-state index contributed by atoms with van der Waals surface area (Å²) in [7, 11) is 1.61. The van der Waals surface area contributed by atoms with Crippen LogP contribution in [0.15, 0.2) is 12.4 Å². The third-order valence-electron chi connectivity index (χ3n) is 4.66. The standard InChI is InChI=1S/C15H23N3O2S/c1-19-13-8-12(17-10-18-13)14(16)11-2-5-20-15(9-11)3-6-21-7-4-15/h8,10-11,14H,2-7,9,16H2,1H3. The number of ether oxygens (including phenoxy) is 2. The van der Waals surface area contributed by atoms with Crippen molar-refractivity contribution in [1.82, 2.24) is 9.97 Å². The molecule has 5 nitrogen and oxygen atoms in total. The van der Waals surface area contributed by atoms with Gasteiger partial charge in [-0.3, -0.25) is 0 Å². The van der Waals surface area contributed by atoms with Gasteiger partial charge in [-0.2, -0.15) is 11.8 Å². The van der Waals surface area contributed by atoms with Crippen LogP contribution >= 0.6 is 11.8 Å². The number of rotatable bonds is 3. The lowest BCUT2D eigenvalue weighted by Gasteiger charge is -2.44. The lowest BCUT2D eigenvalue weighted by molar-refractivity contribution is -0.106. The molecular weight excluding hydrogens is 286 g/mol. The molecule has 3 heterocycles. The fourth-order valence-electron chi connectivity index (χ4n) is 3.35. The van der Waals surface area contributed by atoms with Crippen molar-refractivity contribution in [3.05, 3.63) is 18.1 Å². The third kappa shape index (κ3) is 3.33. The van der Waals surface area contributed by atoms with Crippen LogP contribution in [-0.2, 0) is 4.74 Å². The van der Waals surface area contributed by atoms with Gasteiger partial charge in [0.25, 0.3) is 0 Å². The highest BCUT2D eigenvalue weighted by molar-refractivity contribution is 7.99. The van der Waals surface area contributed by atoms with Crippen molar-refractivity contribution >= 4 is 11.8 Å². The summed E-state index contributed by atoms with van der Waals surface area (Å²) in [5.74, 6) is 3.39. The van der Waals surface area contributed by atoms with E-state index in [9.17, 15) is 0 Å². The maximum atomic E-state index is 6.48. The fraction of sp³-hybridized carbons (Fsp3) is 0.733. The first-order chi connectivity index (χ1) is 10.2. The van der Waals surface area contributed by atoms with Crippen LogP contribution in [0, 0.1) is 5.92 Å². The molecule has 0 bridgehead atoms. The Labute approximate surface area is 130 Å². The number of thioether (sulfide) groups is 1. The molecule has 2 saturated heterocycles. The van der Waals surface area contributed by atoms with Crippen LogP contribution in [0.2, 0.25) is 0 Å². The van der Waals surface area contributed by atoms with Gasteiger partial charge in [-0.1, -0.05) is 0 Å². The molecule has 21 heavy (non-hydrogen) atoms. The maximum Gasteiger partial charge on any atom is 0.216 e. The second-order valence-electron chi connectivity index (χ2n) is 5.91. The molecule has 0 amide bonds. The van der Waals surface area contributed by atoms with E-state index in [1.807, 2.05) is 17.8 Å². The van der Waals surface area contributed by atoms with Crippen molar-refractivity contribution in [3.8, 4) is 5.88 Å². The smallest absolute Gasteiger partial charge is 0.216 e. The predicted molar refractivity (Wildman–Crippen MR) is 83.5 cm³/mol. The molecule has 0 radical (unpaired) electrons. The molecule has 116 valence electrons. The Hall–Kier alpha value is -0.850. The van der Waals surface area contributed by atoms with Gasteiger partial charge in [-0.15, -0.1) is 0 Å². The molecule has 0 aromatic carbocycles. The molecule has 2 N–H and O–H groups in total. The van der Waals surface area contributed by atoms with E-state index in [-0.39, 0.29) is 11.6 Å². The number of methoxy groups -OCH3 is 1. The molecule has 6 heteroatoms. The van der Waals surface area contributed by atoms with E-state index in [0.29, 0.717) is 11.8 Å². The van der Waals surface area contributed by atoms with Gasteiger partial charge in [0.15, 0.2) is 0 Å². The molecular formula is C15H23N3O2S. The molecule has 2 aliphatic rings. The Kier molecular flexibility index (Phi) is 4.66. The Morgan fingerprint density at radius 1 is 1.43 bits per heavy atom. The zero-order valence-corrected chi connectivity index (χ0v) is 13.3. The molecule has 2 atom stereocenters. The highest BCUT2D eigenvalue weighted by atomic mass is 32.2. The van der Waals surface area contributed by atoms with E-state index >= 15 is 0 Å². The molecule has 1 spiro atoms. The van der Waals surface area contributed by atoms with Crippen LogP contribution in [0.3, 0.4) is 0 Å². The minimum absolute atomic E-state index is 0.0584. The van der Waals surface area contributed by atoms with Crippen molar-refractivity contribution in [1.29, 1.82) is 0 Å². The van der Waals surface area contributed by atoms with E-state index in [0.717, 1.165) is 38.0 Å². The molecule has 3 rings (SSSR count). The maximum absolute atomic E-state index is 6.48. The van der Waals surface area contributed by atoms with E-state index in [4.69, 9.17) is 15.2 Å². The van der Waals surface area contributed by atoms with E-state index in [1.165, 1.54) is 17.8 Å². The minimum Gasteiger partial charge on any atom is -0.481 e. The van der Waals surface area contributed by atoms with Gasteiger partial charge in [0, 0.05) is 12.7 Å². The van der Waals surface area contributed by atoms with E-state index in [2.05, 4.69) is 9.97 Å². The van der Waals surface area contributed by atoms with Gasteiger partial charge in [-0.05, 0) is 43.1 Å². The second kappa shape index (κ2) is 6.50. The van der Waals surface area contributed by atoms with Crippen molar-refractivity contribution in [2.75, 3.05) is 25.2 Å². The first kappa shape index (κ1) is 15.1. The fourth-order valence-corrected chi connectivity index (χ4v) is 4.59. The average molecular weight is 309 g/mol. The van der Waals surface area contributed by atoms with Crippen molar-refractivity contribution in [3.63, 3.8) is 0 Å². The molecule has 0 aliphatic carbocycles. The van der Waals surface area contributed by atoms with Gasteiger partial charge in [0.1, 0.15) is 6.33 Å². The van der Waals surface area contributed by atoms with Crippen LogP contribution in [-0.4, -0.2) is 40.8 Å². The lowest BCUT2D eigenvalue weighted by atomic mass is 9.78. The molecule has 2 unspecified atom stereocenters. The monoisotopic (exact) mass is 309 g/mol. The molecule has 1 aromatic rings. The summed E-state index contributed by atoms with van der Waals surface area (Å²) in [5, 5.41) is 0. The first-order valence-corrected chi connectivity index (χ1v) is 8.71. The first-order valence-electron chi connectivity index (χ1n) is 7.56. The van der Waals surface area contributed by atoms with E-state index < -0.39 is 0 Å². The summed E-state index contributed by atoms with van der Waals surface area (Å²) in [5.41, 5.74) is 7.40. The highest BCUT2D eigenvalue weighted by Gasteiger charge is 2.40. The summed E-state index contributed by atoms with van der Waals surface area (Å²) in [6, 6.07) is 1.78. The zero-order chi connectivity index (χ0) is 14.7. The molecule has 2 fully saturated rings. The third-order valence-corrected chi connectivity index (χ3v) is 5.64. The van der Waals surface area contributed by atoms with Crippen molar-refractivity contribution < 1.29 is 9.47 Å². The number of nitrogens with zero attached hydrogens (tertiary/aromatic N) is 2. The van der Waals surface area contributed by atoms with Crippen LogP contribution in [0.1, 0.15) is 37.4 Å². The van der Waals surface area contributed by atoms with Crippen LogP contribution in [0.4, 0.5) is 0 Å². The van der Waals surface area contributed by atoms with Gasteiger partial charge in [0.05, 0.1) is 24.4 Å². The minimum atomic E-state index is -0.0720. The van der Waals surface area contributed by atoms with Gasteiger partial charge in [-0.25, -0.2) is 9.97 Å². The molecule has 0 saturated carbocycles. The SMILES string of the molecule is COc1cc(C(N)C2CCOC3(CCSCC3)C2)ncn1. The van der Waals surface area contributed by atoms with Gasteiger partial charge in [0.2, 0.25) is 5.88 Å². The summed E-state index contributed by atoms with van der Waals surface area (Å²) in [6.45, 7) is 0.811. The summed E-state index contributed by atoms with van der Waals surface area (Å²) in [4.78, 5) is 8.39. The predicted octanol–water partition coefficient (Wildman–Crippen LogP) is 2.18. The number of nitrogens with two attached hydrogens (primary N) is 1. The Balaban J connectivity index is 1.72. The number of hydrogen-bond donors (Lipinski definition) is 1. The Morgan fingerprint density at radius 2 is 2.24 bits per heavy atom. The second-order valence-corrected chi connectivity index (χ2v) is 7.13. The Bertz CT molecular complexity index is 474. The van der Waals surface area contributed by atoms with E-state index in [1.54, 1.807) is 7.11 Å². The lowest BCUT2D eigenvalue weighted by Crippen LogP contribution is -2.45. The van der Waals surface area contributed by atoms with Gasteiger partial charge >= 0.3 is 0 Å². The number of aromatic nitrogens is 2. The van der Waals surface area contributed by atoms with Gasteiger partial charge < -0.3 is 15.2 Å². The largest absolute Gasteiger partial charge is 0.481 e. The summed E-state index contributed by atoms with van der Waals surface area (Å²) >= 11 is 2.03. The van der Waals surface area contributed by atoms with Crippen molar-refractivity contribution in [2.24, 2.45) is 11.7 Å². The number of hydrogen-bond acceptors (Lipinski definition) is 6. The highest BCUT2D eigenvalue weighted by Crippen LogP contribution is 2.42. The van der Waals surface area contributed by atoms with Crippen LogP contribution in [0.5, 0.6) is 5.88 Å². The summed E-state index contributed by atoms with van der Waals surface area (Å²) in [6.07, 6.45) is 5.87. The zero-order valence-electron chi connectivity index (χ0n) is 12.5. The average Bonchev–Trinajstić information content (AvgIpc) is 2.55. The normalized spacial score (nSPS) is 26.5. The van der Waals surface area contributed by atoms with Crippen LogP contribution < -0.4 is 10.5 Å². The molecule has 2 aliphatic heterocycles. The summed E-state index contributed by atoms with van der Waals surface area (Å²) < 4.78 is 11.3. The topological polar surface area (TPSA) is 70.3 Å².